The van der Waals surface area contributed by atoms with E-state index in [9.17, 15) is 9.59 Å². The lowest BCUT2D eigenvalue weighted by Crippen LogP contribution is -2.36. The highest BCUT2D eigenvalue weighted by atomic mass is 16.5. The van der Waals surface area contributed by atoms with Crippen LogP contribution in [0.1, 0.15) is 39.0 Å². The Morgan fingerprint density at radius 2 is 1.95 bits per heavy atom. The highest BCUT2D eigenvalue weighted by molar-refractivity contribution is 5.90. The first-order valence-corrected chi connectivity index (χ1v) is 8.03. The third-order valence-electron chi connectivity index (χ3n) is 3.70. The average molecular weight is 313 g/mol. The number of carbonyl (C=O) groups excluding carboxylic acids is 1. The molecule has 1 N–H and O–H groups in total. The Kier molecular flexibility index (Phi) is 9.50. The van der Waals surface area contributed by atoms with Crippen LogP contribution in [0.25, 0.3) is 0 Å². The molecule has 0 spiro atoms. The summed E-state index contributed by atoms with van der Waals surface area (Å²) in [6, 6.07) is 0. The third kappa shape index (κ3) is 8.79. The van der Waals surface area contributed by atoms with Crippen LogP contribution >= 0.6 is 0 Å². The molecule has 1 fully saturated rings. The topological polar surface area (TPSA) is 76.1 Å². The molecule has 1 aliphatic rings. The van der Waals surface area contributed by atoms with E-state index in [4.69, 9.17) is 14.6 Å². The molecule has 0 amide bonds. The minimum atomic E-state index is -1.15. The van der Waals surface area contributed by atoms with Crippen LogP contribution in [-0.4, -0.2) is 60.9 Å². The summed E-state index contributed by atoms with van der Waals surface area (Å²) >= 11 is 0. The maximum Gasteiger partial charge on any atom is 0.331 e. The number of hydrogen-bond donors (Lipinski definition) is 1. The minimum Gasteiger partial charge on any atom is -0.478 e. The molecule has 0 aromatic rings. The number of ether oxygens (including phenoxy) is 2. The first-order valence-electron chi connectivity index (χ1n) is 8.03. The predicted molar refractivity (Wildman–Crippen MR) is 82.7 cm³/mol. The second-order valence-corrected chi connectivity index (χ2v) is 5.44. The van der Waals surface area contributed by atoms with E-state index in [1.165, 1.54) is 0 Å². The molecule has 0 aromatic carbocycles. The third-order valence-corrected chi connectivity index (χ3v) is 3.70. The highest BCUT2D eigenvalue weighted by Gasteiger charge is 2.12. The summed E-state index contributed by atoms with van der Waals surface area (Å²) < 4.78 is 10.5. The van der Waals surface area contributed by atoms with Gasteiger partial charge in [-0.2, -0.15) is 0 Å². The van der Waals surface area contributed by atoms with Crippen LogP contribution in [-0.2, 0) is 19.1 Å². The molecule has 6 heteroatoms. The number of carboxylic acid groups (broad SMARTS) is 1. The standard InChI is InChI=1S/C16H27NO5/c1-2-14(22-16(20)8-7-15(18)19)6-4-3-5-9-17-10-12-21-13-11-17/h7-8,14H,2-6,9-13H2,1H3,(H,18,19). The van der Waals surface area contributed by atoms with Crippen molar-refractivity contribution in [3.8, 4) is 0 Å². The second kappa shape index (κ2) is 11.2. The van der Waals surface area contributed by atoms with Crippen LogP contribution in [0.15, 0.2) is 12.2 Å². The summed E-state index contributed by atoms with van der Waals surface area (Å²) in [6.07, 6.45) is 6.47. The zero-order chi connectivity index (χ0) is 16.2. The summed E-state index contributed by atoms with van der Waals surface area (Å²) in [4.78, 5) is 24.2. The van der Waals surface area contributed by atoms with Crippen molar-refractivity contribution >= 4 is 11.9 Å². The van der Waals surface area contributed by atoms with Gasteiger partial charge in [-0.1, -0.05) is 13.3 Å². The van der Waals surface area contributed by atoms with E-state index >= 15 is 0 Å². The molecule has 0 bridgehead atoms. The van der Waals surface area contributed by atoms with Crippen LogP contribution < -0.4 is 0 Å². The lowest BCUT2D eigenvalue weighted by atomic mass is 10.1. The number of morpholine rings is 1. The van der Waals surface area contributed by atoms with Crippen LogP contribution in [0.5, 0.6) is 0 Å². The van der Waals surface area contributed by atoms with Crippen LogP contribution in [0, 0.1) is 0 Å². The van der Waals surface area contributed by atoms with E-state index in [0.29, 0.717) is 0 Å². The fourth-order valence-electron chi connectivity index (χ4n) is 2.40. The zero-order valence-corrected chi connectivity index (χ0v) is 13.3. The normalized spacial score (nSPS) is 17.5. The number of unbranched alkanes of at least 4 members (excludes halogenated alkanes) is 2. The van der Waals surface area contributed by atoms with Gasteiger partial charge in [0, 0.05) is 25.2 Å². The van der Waals surface area contributed by atoms with Gasteiger partial charge >= 0.3 is 11.9 Å². The van der Waals surface area contributed by atoms with E-state index < -0.39 is 11.9 Å². The number of carbonyl (C=O) groups is 2. The minimum absolute atomic E-state index is 0.130. The lowest BCUT2D eigenvalue weighted by molar-refractivity contribution is -0.144. The number of rotatable bonds is 10. The molecule has 0 aromatic heterocycles. The van der Waals surface area contributed by atoms with Gasteiger partial charge in [0.2, 0.25) is 0 Å². The molecule has 126 valence electrons. The molecule has 1 aliphatic heterocycles. The number of nitrogens with zero attached hydrogens (tertiary/aromatic N) is 1. The smallest absolute Gasteiger partial charge is 0.331 e. The number of aliphatic carboxylic acids is 1. The first-order chi connectivity index (χ1) is 10.6. The summed E-state index contributed by atoms with van der Waals surface area (Å²) in [6.45, 7) is 6.76. The van der Waals surface area contributed by atoms with Crippen molar-refractivity contribution < 1.29 is 24.2 Å². The molecular formula is C16H27NO5. The van der Waals surface area contributed by atoms with Gasteiger partial charge in [-0.15, -0.1) is 0 Å². The highest BCUT2D eigenvalue weighted by Crippen LogP contribution is 2.11. The van der Waals surface area contributed by atoms with Gasteiger partial charge in [0.05, 0.1) is 13.2 Å². The molecule has 6 nitrogen and oxygen atoms in total. The van der Waals surface area contributed by atoms with Crippen molar-refractivity contribution in [2.45, 2.75) is 45.1 Å². The predicted octanol–water partition coefficient (Wildman–Crippen LogP) is 1.84. The van der Waals surface area contributed by atoms with Gasteiger partial charge in [-0.3, -0.25) is 4.90 Å². The Bertz CT molecular complexity index is 364. The van der Waals surface area contributed by atoms with E-state index in [1.54, 1.807) is 0 Å². The summed E-state index contributed by atoms with van der Waals surface area (Å²) in [5, 5.41) is 8.46. The Balaban J connectivity index is 2.10. The molecule has 1 unspecified atom stereocenters. The lowest BCUT2D eigenvalue weighted by Gasteiger charge is -2.26. The zero-order valence-electron chi connectivity index (χ0n) is 13.3. The molecule has 1 saturated heterocycles. The molecule has 22 heavy (non-hydrogen) atoms. The van der Waals surface area contributed by atoms with Crippen molar-refractivity contribution in [2.75, 3.05) is 32.8 Å². The number of esters is 1. The molecule has 1 rings (SSSR count). The Labute approximate surface area is 132 Å². The van der Waals surface area contributed by atoms with E-state index in [1.807, 2.05) is 6.92 Å². The Morgan fingerprint density at radius 1 is 1.23 bits per heavy atom. The summed E-state index contributed by atoms with van der Waals surface area (Å²) in [5.74, 6) is -1.73. The summed E-state index contributed by atoms with van der Waals surface area (Å²) in [5.41, 5.74) is 0. The number of hydrogen-bond acceptors (Lipinski definition) is 5. The maximum absolute atomic E-state index is 11.4. The second-order valence-electron chi connectivity index (χ2n) is 5.44. The van der Waals surface area contributed by atoms with Crippen molar-refractivity contribution in [3.63, 3.8) is 0 Å². The van der Waals surface area contributed by atoms with Crippen molar-refractivity contribution in [1.82, 2.24) is 4.90 Å². The van der Waals surface area contributed by atoms with Gasteiger partial charge in [0.25, 0.3) is 0 Å². The van der Waals surface area contributed by atoms with Crippen LogP contribution in [0.3, 0.4) is 0 Å². The molecule has 0 aliphatic carbocycles. The fraction of sp³-hybridized carbons (Fsp3) is 0.750. The van der Waals surface area contributed by atoms with Crippen molar-refractivity contribution in [3.05, 3.63) is 12.2 Å². The van der Waals surface area contributed by atoms with Crippen LogP contribution in [0.2, 0.25) is 0 Å². The van der Waals surface area contributed by atoms with Gasteiger partial charge in [0.15, 0.2) is 0 Å². The average Bonchev–Trinajstić information content (AvgIpc) is 2.52. The molecule has 0 saturated carbocycles. The Morgan fingerprint density at radius 3 is 2.59 bits per heavy atom. The van der Waals surface area contributed by atoms with Crippen molar-refractivity contribution in [2.24, 2.45) is 0 Å². The van der Waals surface area contributed by atoms with Crippen molar-refractivity contribution in [1.29, 1.82) is 0 Å². The molecular weight excluding hydrogens is 286 g/mol. The SMILES string of the molecule is CCC(CCCCCN1CCOCC1)OC(=O)C=CC(=O)O. The first kappa shape index (κ1) is 18.6. The maximum atomic E-state index is 11.4. The summed E-state index contributed by atoms with van der Waals surface area (Å²) in [7, 11) is 0. The monoisotopic (exact) mass is 313 g/mol. The fourth-order valence-corrected chi connectivity index (χ4v) is 2.40. The molecule has 1 atom stereocenters. The van der Waals surface area contributed by atoms with E-state index in [0.717, 1.165) is 77.1 Å². The van der Waals surface area contributed by atoms with Gasteiger partial charge in [0.1, 0.15) is 6.10 Å². The van der Waals surface area contributed by atoms with Gasteiger partial charge in [-0.05, 0) is 32.2 Å². The largest absolute Gasteiger partial charge is 0.478 e. The van der Waals surface area contributed by atoms with Gasteiger partial charge in [-0.25, -0.2) is 9.59 Å². The molecule has 1 heterocycles. The Hall–Kier alpha value is -1.40. The van der Waals surface area contributed by atoms with Crippen LogP contribution in [0.4, 0.5) is 0 Å². The van der Waals surface area contributed by atoms with E-state index in [2.05, 4.69) is 4.90 Å². The number of carboxylic acids is 1. The van der Waals surface area contributed by atoms with Gasteiger partial charge < -0.3 is 14.6 Å². The van der Waals surface area contributed by atoms with E-state index in [-0.39, 0.29) is 6.10 Å². The molecule has 0 radical (unpaired) electrons. The quantitative estimate of drug-likeness (QED) is 0.377.